The van der Waals surface area contributed by atoms with Gasteiger partial charge in [-0.25, -0.2) is 24.3 Å². The first-order valence-corrected chi connectivity index (χ1v) is 12.7. The predicted octanol–water partition coefficient (Wildman–Crippen LogP) is 2.61. The van der Waals surface area contributed by atoms with Crippen LogP contribution in [0.4, 0.5) is 16.2 Å². The van der Waals surface area contributed by atoms with E-state index in [0.29, 0.717) is 40.0 Å². The van der Waals surface area contributed by atoms with Crippen LogP contribution < -0.4 is 15.8 Å². The van der Waals surface area contributed by atoms with Gasteiger partial charge < -0.3 is 30.2 Å². The van der Waals surface area contributed by atoms with Crippen LogP contribution in [0.2, 0.25) is 0 Å². The molecular weight excluding hydrogens is 505 g/mol. The topological polar surface area (TPSA) is 151 Å². The number of hydrogen-bond acceptors (Lipinski definition) is 10. The van der Waals surface area contributed by atoms with Gasteiger partial charge >= 0.3 is 0 Å². The van der Waals surface area contributed by atoms with Gasteiger partial charge in [0, 0.05) is 48.7 Å². The smallest absolute Gasteiger partial charge is 0.223 e. The van der Waals surface area contributed by atoms with Crippen molar-refractivity contribution in [1.82, 2.24) is 34.3 Å². The molecule has 2 aliphatic rings. The number of alkyl halides is 1. The average Bonchev–Trinajstić information content (AvgIpc) is 3.38. The molecule has 13 heteroatoms. The van der Waals surface area contributed by atoms with Gasteiger partial charge in [-0.2, -0.15) is 5.10 Å². The molecular formula is C26H26FN9O3. The highest BCUT2D eigenvalue weighted by Gasteiger charge is 2.46. The van der Waals surface area contributed by atoms with Crippen LogP contribution in [0.5, 0.6) is 5.75 Å². The fraction of sp³-hybridized carbons (Fsp3) is 0.346. The molecule has 2 fully saturated rings. The lowest BCUT2D eigenvalue weighted by Gasteiger charge is -2.17. The average molecular weight is 532 g/mol. The Kier molecular flexibility index (Phi) is 5.56. The van der Waals surface area contributed by atoms with E-state index in [2.05, 4.69) is 30.4 Å². The van der Waals surface area contributed by atoms with Crippen LogP contribution >= 0.6 is 0 Å². The monoisotopic (exact) mass is 531 g/mol. The Morgan fingerprint density at radius 1 is 1.23 bits per heavy atom. The molecule has 0 bridgehead atoms. The van der Waals surface area contributed by atoms with Crippen LogP contribution in [0.3, 0.4) is 0 Å². The Hall–Kier alpha value is -4.36. The van der Waals surface area contributed by atoms with E-state index in [1.807, 2.05) is 12.1 Å². The summed E-state index contributed by atoms with van der Waals surface area (Å²) in [5.41, 5.74) is 8.55. The zero-order valence-electron chi connectivity index (χ0n) is 21.0. The third-order valence-corrected chi connectivity index (χ3v) is 7.08. The van der Waals surface area contributed by atoms with Crippen molar-refractivity contribution >= 4 is 33.7 Å². The van der Waals surface area contributed by atoms with Gasteiger partial charge in [-0.1, -0.05) is 0 Å². The Bertz CT molecular complexity index is 1680. The standard InChI is InChI=1S/C26H26FN9O3/c1-35-7-6-17(34-35)16-10-36(24-20(16)23(28)30-12-31-24)25-21(27)22(37)19(39-25)11-38-15-5-2-13-9-29-26(32-14-3-4-14)33-18(13)8-15/h2,5-10,12,14,19,21-22,25,37H,3-4,11H2,1H3,(H2,28,30,31)(H,29,32,33)/t19-,21+,22-,25-/m1/s1. The number of aliphatic hydroxyl groups excluding tert-OH is 1. The van der Waals surface area contributed by atoms with Crippen LogP contribution in [0.25, 0.3) is 33.2 Å². The maximum atomic E-state index is 15.5. The van der Waals surface area contributed by atoms with Gasteiger partial charge in [-0.05, 0) is 31.0 Å². The normalized spacial score (nSPS) is 23.1. The number of halogens is 1. The predicted molar refractivity (Wildman–Crippen MR) is 141 cm³/mol. The van der Waals surface area contributed by atoms with E-state index in [9.17, 15) is 5.11 Å². The van der Waals surface area contributed by atoms with Gasteiger partial charge in [-0.3, -0.25) is 4.68 Å². The van der Waals surface area contributed by atoms with Crippen LogP contribution in [-0.4, -0.2) is 70.4 Å². The quantitative estimate of drug-likeness (QED) is 0.286. The van der Waals surface area contributed by atoms with E-state index >= 15 is 4.39 Å². The zero-order valence-corrected chi connectivity index (χ0v) is 21.0. The van der Waals surface area contributed by atoms with E-state index < -0.39 is 24.6 Å². The molecule has 0 amide bonds. The van der Waals surface area contributed by atoms with Crippen LogP contribution in [0, 0.1) is 0 Å². The van der Waals surface area contributed by atoms with Crippen molar-refractivity contribution < 1.29 is 19.0 Å². The third kappa shape index (κ3) is 4.29. The van der Waals surface area contributed by atoms with Crippen molar-refractivity contribution in [3.63, 3.8) is 0 Å². The summed E-state index contributed by atoms with van der Waals surface area (Å²) in [5.74, 6) is 1.34. The summed E-state index contributed by atoms with van der Waals surface area (Å²) in [5, 5.41) is 19.9. The molecule has 200 valence electrons. The summed E-state index contributed by atoms with van der Waals surface area (Å²) in [6.07, 6.45) is 3.56. The highest BCUT2D eigenvalue weighted by Crippen LogP contribution is 2.39. The van der Waals surface area contributed by atoms with Crippen molar-refractivity contribution in [2.24, 2.45) is 7.05 Å². The first-order valence-electron chi connectivity index (χ1n) is 12.7. The maximum Gasteiger partial charge on any atom is 0.223 e. The minimum absolute atomic E-state index is 0.0642. The largest absolute Gasteiger partial charge is 0.491 e. The number of rotatable bonds is 7. The number of anilines is 2. The van der Waals surface area contributed by atoms with E-state index in [-0.39, 0.29) is 12.4 Å². The molecule has 4 N–H and O–H groups in total. The second-order valence-corrected chi connectivity index (χ2v) is 9.93. The van der Waals surface area contributed by atoms with Gasteiger partial charge in [0.05, 0.1) is 16.6 Å². The molecule has 1 aliphatic carbocycles. The molecule has 0 spiro atoms. The fourth-order valence-electron chi connectivity index (χ4n) is 4.87. The minimum Gasteiger partial charge on any atom is -0.491 e. The second kappa shape index (κ2) is 9.13. The first kappa shape index (κ1) is 23.7. The number of aliphatic hydroxyl groups is 1. The number of nitrogens with one attached hydrogen (secondary N) is 1. The number of benzene rings is 1. The van der Waals surface area contributed by atoms with Crippen molar-refractivity contribution in [3.05, 3.63) is 49.2 Å². The van der Waals surface area contributed by atoms with Crippen LogP contribution in [0.15, 0.2) is 49.2 Å². The zero-order chi connectivity index (χ0) is 26.7. The summed E-state index contributed by atoms with van der Waals surface area (Å²) < 4.78 is 30.6. The molecule has 1 aliphatic heterocycles. The molecule has 0 radical (unpaired) electrons. The molecule has 7 rings (SSSR count). The van der Waals surface area contributed by atoms with Crippen LogP contribution in [-0.2, 0) is 11.8 Å². The maximum absolute atomic E-state index is 15.5. The number of nitrogens with two attached hydrogens (primary N) is 1. The van der Waals surface area contributed by atoms with Gasteiger partial charge in [-0.15, -0.1) is 0 Å². The molecule has 0 unspecified atom stereocenters. The highest BCUT2D eigenvalue weighted by atomic mass is 19.1. The van der Waals surface area contributed by atoms with Gasteiger partial charge in [0.15, 0.2) is 12.4 Å². The van der Waals surface area contributed by atoms with Crippen molar-refractivity contribution in [2.45, 2.75) is 43.5 Å². The van der Waals surface area contributed by atoms with E-state index in [1.54, 1.807) is 42.5 Å². The lowest BCUT2D eigenvalue weighted by molar-refractivity contribution is -0.0410. The molecule has 12 nitrogen and oxygen atoms in total. The summed E-state index contributed by atoms with van der Waals surface area (Å²) in [6, 6.07) is 7.68. The number of hydrogen-bond donors (Lipinski definition) is 3. The summed E-state index contributed by atoms with van der Waals surface area (Å²) in [6.45, 7) is -0.0642. The lowest BCUT2D eigenvalue weighted by Crippen LogP contribution is -2.32. The van der Waals surface area contributed by atoms with Crippen molar-refractivity contribution in [1.29, 1.82) is 0 Å². The number of nitrogens with zero attached hydrogens (tertiary/aromatic N) is 7. The molecule has 5 aromatic rings. The van der Waals surface area contributed by atoms with Crippen molar-refractivity contribution in [2.75, 3.05) is 17.7 Å². The number of aryl methyl sites for hydroxylation is 1. The molecule has 1 saturated heterocycles. The summed E-state index contributed by atoms with van der Waals surface area (Å²) in [4.78, 5) is 17.3. The highest BCUT2D eigenvalue weighted by molar-refractivity contribution is 5.99. The molecule has 5 heterocycles. The van der Waals surface area contributed by atoms with E-state index in [1.165, 1.54) is 10.9 Å². The Morgan fingerprint density at radius 2 is 2.10 bits per heavy atom. The van der Waals surface area contributed by atoms with Gasteiger partial charge in [0.1, 0.15) is 42.4 Å². The number of fused-ring (bicyclic) bond motifs is 2. The molecule has 4 atom stereocenters. The Morgan fingerprint density at radius 3 is 2.90 bits per heavy atom. The molecule has 1 aromatic carbocycles. The molecule has 4 aromatic heterocycles. The molecule has 39 heavy (non-hydrogen) atoms. The Balaban J connectivity index is 1.13. The minimum atomic E-state index is -1.73. The summed E-state index contributed by atoms with van der Waals surface area (Å²) >= 11 is 0. The summed E-state index contributed by atoms with van der Waals surface area (Å²) in [7, 11) is 1.80. The Labute approximate surface area is 221 Å². The van der Waals surface area contributed by atoms with E-state index in [0.717, 1.165) is 23.7 Å². The lowest BCUT2D eigenvalue weighted by atomic mass is 10.1. The van der Waals surface area contributed by atoms with Gasteiger partial charge in [0.25, 0.3) is 0 Å². The first-order chi connectivity index (χ1) is 18.9. The number of ether oxygens (including phenoxy) is 2. The third-order valence-electron chi connectivity index (χ3n) is 7.08. The number of nitrogen functional groups attached to an aromatic ring is 1. The van der Waals surface area contributed by atoms with Gasteiger partial charge in [0.2, 0.25) is 5.95 Å². The molecule has 1 saturated carbocycles. The van der Waals surface area contributed by atoms with E-state index in [4.69, 9.17) is 15.2 Å². The number of aromatic nitrogens is 7. The van der Waals surface area contributed by atoms with Crippen molar-refractivity contribution in [3.8, 4) is 17.0 Å². The van der Waals surface area contributed by atoms with Crippen LogP contribution in [0.1, 0.15) is 19.1 Å². The second-order valence-electron chi connectivity index (χ2n) is 9.93. The SMILES string of the molecule is Cn1ccc(-c2cn([C@@H]3O[C@H](COc4ccc5cnc(NC6CC6)nc5c4)[C@@H](O)[C@@H]3F)c3ncnc(N)c23)n1. The fourth-order valence-corrected chi connectivity index (χ4v) is 4.87.